The van der Waals surface area contributed by atoms with Crippen molar-refractivity contribution in [2.45, 2.75) is 52.2 Å². The lowest BCUT2D eigenvalue weighted by molar-refractivity contribution is -0.0859. The number of ether oxygens (including phenoxy) is 1. The predicted octanol–water partition coefficient (Wildman–Crippen LogP) is 2.31. The van der Waals surface area contributed by atoms with Gasteiger partial charge in [0.15, 0.2) is 6.29 Å². The molecule has 0 heterocycles. The second-order valence-electron chi connectivity index (χ2n) is 2.88. The summed E-state index contributed by atoms with van der Waals surface area (Å²) < 4.78 is 4.98. The van der Waals surface area contributed by atoms with Crippen molar-refractivity contribution in [3.05, 3.63) is 0 Å². The highest BCUT2D eigenvalue weighted by molar-refractivity contribution is 4.41. The molecular formula is C9H20O2. The van der Waals surface area contributed by atoms with E-state index in [4.69, 9.17) is 9.84 Å². The van der Waals surface area contributed by atoms with Crippen LogP contribution in [0.15, 0.2) is 0 Å². The highest BCUT2D eigenvalue weighted by Crippen LogP contribution is 2.02. The van der Waals surface area contributed by atoms with E-state index < -0.39 is 6.29 Å². The molecule has 1 N–H and O–H groups in total. The van der Waals surface area contributed by atoms with Gasteiger partial charge in [-0.15, -0.1) is 0 Å². The Morgan fingerprint density at radius 1 is 1.18 bits per heavy atom. The topological polar surface area (TPSA) is 29.5 Å². The first-order valence-corrected chi connectivity index (χ1v) is 4.57. The van der Waals surface area contributed by atoms with Gasteiger partial charge in [0, 0.05) is 6.61 Å². The summed E-state index contributed by atoms with van der Waals surface area (Å²) in [5.41, 5.74) is 0. The van der Waals surface area contributed by atoms with Crippen molar-refractivity contribution in [1.82, 2.24) is 0 Å². The van der Waals surface area contributed by atoms with Crippen LogP contribution in [-0.2, 0) is 4.74 Å². The van der Waals surface area contributed by atoms with E-state index in [-0.39, 0.29) is 0 Å². The lowest BCUT2D eigenvalue weighted by Gasteiger charge is -2.05. The molecule has 2 nitrogen and oxygen atoms in total. The van der Waals surface area contributed by atoms with Gasteiger partial charge < -0.3 is 9.84 Å². The van der Waals surface area contributed by atoms with E-state index in [0.29, 0.717) is 6.61 Å². The summed E-state index contributed by atoms with van der Waals surface area (Å²) in [6, 6.07) is 0. The number of aliphatic hydroxyl groups is 1. The van der Waals surface area contributed by atoms with Gasteiger partial charge in [0.25, 0.3) is 0 Å². The van der Waals surface area contributed by atoms with Gasteiger partial charge in [0.05, 0.1) is 0 Å². The molecule has 0 amide bonds. The van der Waals surface area contributed by atoms with Crippen molar-refractivity contribution in [1.29, 1.82) is 0 Å². The highest BCUT2D eigenvalue weighted by atomic mass is 16.6. The Morgan fingerprint density at radius 3 is 2.36 bits per heavy atom. The lowest BCUT2D eigenvalue weighted by Crippen LogP contribution is -2.06. The molecule has 0 radical (unpaired) electrons. The normalized spacial score (nSPS) is 13.4. The fourth-order valence-electron chi connectivity index (χ4n) is 0.960. The fourth-order valence-corrected chi connectivity index (χ4v) is 0.960. The van der Waals surface area contributed by atoms with Crippen LogP contribution in [0.3, 0.4) is 0 Å². The minimum absolute atomic E-state index is 0.596. The van der Waals surface area contributed by atoms with Crippen molar-refractivity contribution >= 4 is 0 Å². The number of unbranched alkanes of at least 4 members (excludes halogenated alkanes) is 4. The van der Waals surface area contributed by atoms with E-state index in [2.05, 4.69) is 6.92 Å². The quantitative estimate of drug-likeness (QED) is 0.457. The van der Waals surface area contributed by atoms with Gasteiger partial charge in [-0.25, -0.2) is 0 Å². The summed E-state index contributed by atoms with van der Waals surface area (Å²) in [5, 5.41) is 8.73. The van der Waals surface area contributed by atoms with Gasteiger partial charge in [-0.3, -0.25) is 0 Å². The Labute approximate surface area is 69.6 Å². The Bertz CT molecular complexity index is 72.0. The third-order valence-corrected chi connectivity index (χ3v) is 1.61. The molecular weight excluding hydrogens is 140 g/mol. The van der Waals surface area contributed by atoms with Crippen LogP contribution in [0.2, 0.25) is 0 Å². The third kappa shape index (κ3) is 9.92. The average molecular weight is 160 g/mol. The lowest BCUT2D eigenvalue weighted by atomic mass is 10.2. The standard InChI is InChI=1S/C9H20O2/c1-3-4-5-6-7-8-11-9(2)10/h9-10H,3-8H2,1-2H3. The van der Waals surface area contributed by atoms with Crippen LogP contribution in [0.1, 0.15) is 46.0 Å². The van der Waals surface area contributed by atoms with E-state index in [1.165, 1.54) is 25.7 Å². The van der Waals surface area contributed by atoms with Gasteiger partial charge in [-0.2, -0.15) is 0 Å². The van der Waals surface area contributed by atoms with Crippen LogP contribution in [0.5, 0.6) is 0 Å². The van der Waals surface area contributed by atoms with E-state index in [1.807, 2.05) is 0 Å². The smallest absolute Gasteiger partial charge is 0.151 e. The number of hydrogen-bond donors (Lipinski definition) is 1. The van der Waals surface area contributed by atoms with Crippen molar-refractivity contribution in [2.24, 2.45) is 0 Å². The van der Waals surface area contributed by atoms with Crippen molar-refractivity contribution in [2.75, 3.05) is 6.61 Å². The molecule has 2 heteroatoms. The molecule has 1 atom stereocenters. The Hall–Kier alpha value is -0.0800. The van der Waals surface area contributed by atoms with Gasteiger partial charge in [-0.05, 0) is 13.3 Å². The molecule has 0 saturated heterocycles. The second-order valence-corrected chi connectivity index (χ2v) is 2.88. The number of rotatable bonds is 7. The van der Waals surface area contributed by atoms with Gasteiger partial charge in [0.1, 0.15) is 0 Å². The first kappa shape index (κ1) is 10.9. The van der Waals surface area contributed by atoms with Crippen molar-refractivity contribution in [3.63, 3.8) is 0 Å². The largest absolute Gasteiger partial charge is 0.368 e. The van der Waals surface area contributed by atoms with E-state index in [1.54, 1.807) is 6.92 Å². The predicted molar refractivity (Wildman–Crippen MR) is 46.4 cm³/mol. The SMILES string of the molecule is CCCCCCCOC(C)O. The summed E-state index contributed by atoms with van der Waals surface area (Å²) >= 11 is 0. The minimum Gasteiger partial charge on any atom is -0.368 e. The second kappa shape index (κ2) is 8.02. The molecule has 0 aromatic carbocycles. The molecule has 0 aromatic heterocycles. The van der Waals surface area contributed by atoms with Gasteiger partial charge in [0.2, 0.25) is 0 Å². The first-order valence-electron chi connectivity index (χ1n) is 4.57. The van der Waals surface area contributed by atoms with Crippen LogP contribution in [0.4, 0.5) is 0 Å². The molecule has 0 aliphatic carbocycles. The zero-order valence-corrected chi connectivity index (χ0v) is 7.68. The van der Waals surface area contributed by atoms with Crippen LogP contribution in [0.25, 0.3) is 0 Å². The fraction of sp³-hybridized carbons (Fsp3) is 1.00. The maximum atomic E-state index is 8.73. The zero-order chi connectivity index (χ0) is 8.53. The third-order valence-electron chi connectivity index (χ3n) is 1.61. The molecule has 0 aliphatic rings. The van der Waals surface area contributed by atoms with Crippen LogP contribution in [0, 0.1) is 0 Å². The molecule has 0 aromatic rings. The molecule has 0 spiro atoms. The van der Waals surface area contributed by atoms with Crippen LogP contribution in [-0.4, -0.2) is 18.0 Å². The molecule has 0 fully saturated rings. The van der Waals surface area contributed by atoms with Gasteiger partial charge in [-0.1, -0.05) is 32.6 Å². The Kier molecular flexibility index (Phi) is 7.96. The maximum absolute atomic E-state index is 8.73. The molecule has 0 aliphatic heterocycles. The summed E-state index contributed by atoms with van der Waals surface area (Å²) in [4.78, 5) is 0. The minimum atomic E-state index is -0.596. The molecule has 0 rings (SSSR count). The summed E-state index contributed by atoms with van der Waals surface area (Å²) in [7, 11) is 0. The number of aliphatic hydroxyl groups excluding tert-OH is 1. The molecule has 68 valence electrons. The van der Waals surface area contributed by atoms with Crippen LogP contribution >= 0.6 is 0 Å². The molecule has 0 bridgehead atoms. The zero-order valence-electron chi connectivity index (χ0n) is 7.68. The highest BCUT2D eigenvalue weighted by Gasteiger charge is 1.93. The van der Waals surface area contributed by atoms with E-state index in [9.17, 15) is 0 Å². The Balaban J connectivity index is 2.80. The average Bonchev–Trinajstić information content (AvgIpc) is 1.96. The maximum Gasteiger partial charge on any atom is 0.151 e. The molecule has 0 saturated carbocycles. The Morgan fingerprint density at radius 2 is 1.82 bits per heavy atom. The number of hydrogen-bond acceptors (Lipinski definition) is 2. The summed E-state index contributed by atoms with van der Waals surface area (Å²) in [6.45, 7) is 4.54. The van der Waals surface area contributed by atoms with E-state index in [0.717, 1.165) is 6.42 Å². The summed E-state index contributed by atoms with van der Waals surface area (Å²) in [5.74, 6) is 0. The van der Waals surface area contributed by atoms with E-state index >= 15 is 0 Å². The first-order chi connectivity index (χ1) is 5.27. The molecule has 1 unspecified atom stereocenters. The van der Waals surface area contributed by atoms with Crippen LogP contribution < -0.4 is 0 Å². The molecule has 11 heavy (non-hydrogen) atoms. The van der Waals surface area contributed by atoms with Crippen molar-refractivity contribution in [3.8, 4) is 0 Å². The monoisotopic (exact) mass is 160 g/mol. The van der Waals surface area contributed by atoms with Crippen molar-refractivity contribution < 1.29 is 9.84 Å². The van der Waals surface area contributed by atoms with Gasteiger partial charge >= 0.3 is 0 Å². The summed E-state index contributed by atoms with van der Waals surface area (Å²) in [6.07, 6.45) is 5.58.